The van der Waals surface area contributed by atoms with E-state index in [1.165, 1.54) is 33.2 Å². The molecule has 1 aromatic heterocycles. The number of benzene rings is 4. The second kappa shape index (κ2) is 10.4. The molecule has 0 spiro atoms. The van der Waals surface area contributed by atoms with Crippen LogP contribution >= 0.6 is 0 Å². The van der Waals surface area contributed by atoms with E-state index in [1.54, 1.807) is 0 Å². The normalized spacial score (nSPS) is 11.4. The molecule has 2 nitrogen and oxygen atoms in total. The molecule has 0 aliphatic carbocycles. The van der Waals surface area contributed by atoms with Gasteiger partial charge >= 0.3 is 0 Å². The summed E-state index contributed by atoms with van der Waals surface area (Å²) in [5, 5.41) is 2.46. The van der Waals surface area contributed by atoms with Crippen molar-refractivity contribution in [2.45, 2.75) is 46.1 Å². The number of hydrogen-bond acceptors (Lipinski definition) is 2. The molecule has 0 aliphatic heterocycles. The predicted molar refractivity (Wildman–Crippen MR) is 154 cm³/mol. The Kier molecular flexibility index (Phi) is 6.86. The van der Waals surface area contributed by atoms with Gasteiger partial charge in [0.05, 0.1) is 5.69 Å². The largest absolute Gasteiger partial charge is 0.321 e. The third-order valence-electron chi connectivity index (χ3n) is 6.87. The maximum Gasteiger partial charge on any atom is 0.133 e. The first kappa shape index (κ1) is 23.8. The first-order chi connectivity index (χ1) is 17.5. The van der Waals surface area contributed by atoms with Crippen LogP contribution in [0.25, 0.3) is 22.0 Å². The van der Waals surface area contributed by atoms with Crippen LogP contribution in [0.1, 0.15) is 56.2 Å². The van der Waals surface area contributed by atoms with E-state index in [1.807, 2.05) is 0 Å². The molecule has 36 heavy (non-hydrogen) atoms. The van der Waals surface area contributed by atoms with Crippen molar-refractivity contribution in [1.29, 1.82) is 0 Å². The molecule has 0 unspecified atom stereocenters. The Labute approximate surface area is 215 Å². The Hall–Kier alpha value is -3.91. The second-order valence-corrected chi connectivity index (χ2v) is 10.1. The molecule has 5 aromatic rings. The van der Waals surface area contributed by atoms with Gasteiger partial charge in [0.25, 0.3) is 0 Å². The Balaban J connectivity index is 1.71. The lowest BCUT2D eigenvalue weighted by Crippen LogP contribution is -2.21. The summed E-state index contributed by atoms with van der Waals surface area (Å²) >= 11 is 0. The van der Waals surface area contributed by atoms with Crippen LogP contribution < -0.4 is 4.90 Å². The van der Waals surface area contributed by atoms with Crippen LogP contribution in [-0.4, -0.2) is 4.98 Å². The van der Waals surface area contributed by atoms with Crippen molar-refractivity contribution in [2.24, 2.45) is 0 Å². The predicted octanol–water partition coefficient (Wildman–Crippen LogP) is 9.49. The highest BCUT2D eigenvalue weighted by Gasteiger charge is 2.22. The third kappa shape index (κ3) is 4.77. The van der Waals surface area contributed by atoms with E-state index in [0.717, 1.165) is 23.6 Å². The fourth-order valence-corrected chi connectivity index (χ4v) is 5.04. The van der Waals surface area contributed by atoms with Crippen molar-refractivity contribution < 1.29 is 0 Å². The maximum atomic E-state index is 5.29. The Morgan fingerprint density at radius 1 is 0.611 bits per heavy atom. The van der Waals surface area contributed by atoms with Crippen molar-refractivity contribution in [3.63, 3.8) is 0 Å². The van der Waals surface area contributed by atoms with Crippen molar-refractivity contribution >= 4 is 22.3 Å². The summed E-state index contributed by atoms with van der Waals surface area (Å²) in [4.78, 5) is 7.72. The summed E-state index contributed by atoms with van der Waals surface area (Å²) in [6.07, 6.45) is 0. The number of fused-ring (bicyclic) bond motifs is 1. The molecule has 0 saturated heterocycles. The van der Waals surface area contributed by atoms with Gasteiger partial charge in [-0.2, -0.15) is 0 Å². The van der Waals surface area contributed by atoms with Crippen molar-refractivity contribution in [3.05, 3.63) is 126 Å². The van der Waals surface area contributed by atoms with Gasteiger partial charge in [0.2, 0.25) is 0 Å². The van der Waals surface area contributed by atoms with E-state index in [-0.39, 0.29) is 0 Å². The number of hydrogen-bond donors (Lipinski definition) is 0. The summed E-state index contributed by atoms with van der Waals surface area (Å²) in [5.41, 5.74) is 7.42. The van der Waals surface area contributed by atoms with E-state index in [4.69, 9.17) is 4.98 Å². The second-order valence-electron chi connectivity index (χ2n) is 10.1. The Bertz CT molecular complexity index is 1440. The summed E-state index contributed by atoms with van der Waals surface area (Å²) < 4.78 is 0. The van der Waals surface area contributed by atoms with Crippen molar-refractivity contribution in [2.75, 3.05) is 4.90 Å². The van der Waals surface area contributed by atoms with E-state index in [9.17, 15) is 0 Å². The molecule has 2 heteroatoms. The summed E-state index contributed by atoms with van der Waals surface area (Å²) in [6, 6.07) is 38.9. The zero-order chi connectivity index (χ0) is 25.1. The molecule has 4 aromatic carbocycles. The van der Waals surface area contributed by atoms with E-state index >= 15 is 0 Å². The molecule has 0 atom stereocenters. The molecule has 0 fully saturated rings. The van der Waals surface area contributed by atoms with Crippen molar-refractivity contribution in [1.82, 2.24) is 4.98 Å². The number of anilines is 2. The van der Waals surface area contributed by atoms with Gasteiger partial charge in [-0.3, -0.25) is 0 Å². The minimum Gasteiger partial charge on any atom is -0.321 e. The zero-order valence-electron chi connectivity index (χ0n) is 21.6. The SMILES string of the molecule is CC(C)c1cccc(C(C)C)c1N(Cc1ccccc1)c1cccc(-c2cccc3ccccc23)n1. The van der Waals surface area contributed by atoms with Gasteiger partial charge in [0, 0.05) is 17.8 Å². The summed E-state index contributed by atoms with van der Waals surface area (Å²) in [7, 11) is 0. The number of pyridine rings is 1. The highest BCUT2D eigenvalue weighted by atomic mass is 15.2. The van der Waals surface area contributed by atoms with E-state index in [0.29, 0.717) is 11.8 Å². The van der Waals surface area contributed by atoms with Gasteiger partial charge in [-0.25, -0.2) is 4.98 Å². The lowest BCUT2D eigenvalue weighted by Gasteiger charge is -2.31. The third-order valence-corrected chi connectivity index (χ3v) is 6.87. The fourth-order valence-electron chi connectivity index (χ4n) is 5.04. The first-order valence-corrected chi connectivity index (χ1v) is 12.9. The average molecular weight is 471 g/mol. The van der Waals surface area contributed by atoms with Gasteiger partial charge in [-0.1, -0.05) is 125 Å². The first-order valence-electron chi connectivity index (χ1n) is 12.9. The monoisotopic (exact) mass is 470 g/mol. The smallest absolute Gasteiger partial charge is 0.133 e. The molecule has 0 N–H and O–H groups in total. The molecule has 0 amide bonds. The molecule has 1 heterocycles. The lowest BCUT2D eigenvalue weighted by molar-refractivity contribution is 0.809. The van der Waals surface area contributed by atoms with Crippen LogP contribution in [0.15, 0.2) is 109 Å². The summed E-state index contributed by atoms with van der Waals surface area (Å²) in [5.74, 6) is 1.77. The average Bonchev–Trinajstić information content (AvgIpc) is 2.91. The number of nitrogens with zero attached hydrogens (tertiary/aromatic N) is 2. The zero-order valence-corrected chi connectivity index (χ0v) is 21.6. The molecule has 0 radical (unpaired) electrons. The van der Waals surface area contributed by atoms with Crippen LogP contribution in [0.3, 0.4) is 0 Å². The van der Waals surface area contributed by atoms with Gasteiger partial charge in [0.15, 0.2) is 0 Å². The number of rotatable bonds is 7. The Morgan fingerprint density at radius 2 is 1.22 bits per heavy atom. The van der Waals surface area contributed by atoms with Crippen molar-refractivity contribution in [3.8, 4) is 11.3 Å². The van der Waals surface area contributed by atoms with Crippen LogP contribution in [0.5, 0.6) is 0 Å². The van der Waals surface area contributed by atoms with Gasteiger partial charge in [-0.05, 0) is 51.4 Å². The number of para-hydroxylation sites is 1. The van der Waals surface area contributed by atoms with E-state index in [2.05, 4.69) is 142 Å². The lowest BCUT2D eigenvalue weighted by atomic mass is 9.91. The van der Waals surface area contributed by atoms with Gasteiger partial charge < -0.3 is 4.90 Å². The Morgan fingerprint density at radius 3 is 1.94 bits per heavy atom. The highest BCUT2D eigenvalue weighted by molar-refractivity contribution is 5.96. The van der Waals surface area contributed by atoms with Gasteiger partial charge in [-0.15, -0.1) is 0 Å². The van der Waals surface area contributed by atoms with Crippen LogP contribution in [-0.2, 0) is 6.54 Å². The highest BCUT2D eigenvalue weighted by Crippen LogP contribution is 2.40. The minimum absolute atomic E-state index is 0.401. The molecule has 5 rings (SSSR count). The van der Waals surface area contributed by atoms with Crippen LogP contribution in [0.2, 0.25) is 0 Å². The minimum atomic E-state index is 0.401. The molecule has 0 aliphatic rings. The van der Waals surface area contributed by atoms with Gasteiger partial charge in [0.1, 0.15) is 5.82 Å². The maximum absolute atomic E-state index is 5.29. The molecular weight excluding hydrogens is 436 g/mol. The fraction of sp³-hybridized carbons (Fsp3) is 0.206. The number of aromatic nitrogens is 1. The van der Waals surface area contributed by atoms with Crippen LogP contribution in [0, 0.1) is 0 Å². The molecule has 0 bridgehead atoms. The van der Waals surface area contributed by atoms with Crippen LogP contribution in [0.4, 0.5) is 11.5 Å². The molecule has 0 saturated carbocycles. The van der Waals surface area contributed by atoms with E-state index < -0.39 is 0 Å². The quantitative estimate of drug-likeness (QED) is 0.235. The topological polar surface area (TPSA) is 16.1 Å². The molecular formula is C34H34N2. The standard InChI is InChI=1S/C34H34N2/c1-24(2)28-18-11-19-29(25(3)4)34(28)36(23-26-13-6-5-7-14-26)33-22-12-21-32(35-33)31-20-10-16-27-15-8-9-17-30(27)31/h5-22,24-25H,23H2,1-4H3. The molecule has 180 valence electrons. The summed E-state index contributed by atoms with van der Waals surface area (Å²) in [6.45, 7) is 9.89.